The number of rotatable bonds is 7. The standard InChI is InChI=1S/C16H26N2S/c1-3-19-13-14(2)17-16-9-10-18(12-16)11-15-7-5-4-6-8-15/h4-8,14,16-17H,3,9-13H2,1-2H3. The van der Waals surface area contributed by atoms with Crippen molar-refractivity contribution in [2.75, 3.05) is 24.6 Å². The number of nitrogens with one attached hydrogen (secondary N) is 1. The van der Waals surface area contributed by atoms with E-state index in [-0.39, 0.29) is 0 Å². The van der Waals surface area contributed by atoms with Crippen molar-refractivity contribution in [2.45, 2.75) is 38.9 Å². The van der Waals surface area contributed by atoms with Gasteiger partial charge in [-0.3, -0.25) is 4.90 Å². The Morgan fingerprint density at radius 1 is 1.37 bits per heavy atom. The van der Waals surface area contributed by atoms with Crippen molar-refractivity contribution >= 4 is 11.8 Å². The van der Waals surface area contributed by atoms with Crippen LogP contribution in [0.4, 0.5) is 0 Å². The maximum Gasteiger partial charge on any atom is 0.0234 e. The minimum atomic E-state index is 0.631. The van der Waals surface area contributed by atoms with Gasteiger partial charge in [0.1, 0.15) is 0 Å². The first-order chi connectivity index (χ1) is 9.28. The van der Waals surface area contributed by atoms with Gasteiger partial charge in [-0.2, -0.15) is 11.8 Å². The fourth-order valence-corrected chi connectivity index (χ4v) is 3.38. The van der Waals surface area contributed by atoms with Crippen molar-refractivity contribution in [1.29, 1.82) is 0 Å². The highest BCUT2D eigenvalue weighted by Gasteiger charge is 2.23. The molecule has 1 aromatic carbocycles. The molecule has 1 saturated heterocycles. The zero-order valence-electron chi connectivity index (χ0n) is 12.1. The van der Waals surface area contributed by atoms with Crippen LogP contribution in [0.1, 0.15) is 25.8 Å². The Bertz CT molecular complexity index is 355. The van der Waals surface area contributed by atoms with Crippen LogP contribution in [0.2, 0.25) is 0 Å². The lowest BCUT2D eigenvalue weighted by Crippen LogP contribution is -2.39. The Morgan fingerprint density at radius 2 is 2.16 bits per heavy atom. The van der Waals surface area contributed by atoms with Crippen LogP contribution in [0.15, 0.2) is 30.3 Å². The Hall–Kier alpha value is -0.510. The SMILES string of the molecule is CCSCC(C)NC1CCN(Cc2ccccc2)C1. The third-order valence-corrected chi connectivity index (χ3v) is 4.76. The number of hydrogen-bond donors (Lipinski definition) is 1. The van der Waals surface area contributed by atoms with Gasteiger partial charge >= 0.3 is 0 Å². The summed E-state index contributed by atoms with van der Waals surface area (Å²) in [6.07, 6.45) is 1.29. The predicted octanol–water partition coefficient (Wildman–Crippen LogP) is 2.99. The molecule has 2 rings (SSSR count). The average molecular weight is 278 g/mol. The first-order valence-corrected chi connectivity index (χ1v) is 8.53. The van der Waals surface area contributed by atoms with Gasteiger partial charge in [0.05, 0.1) is 0 Å². The fourth-order valence-electron chi connectivity index (χ4n) is 2.70. The molecule has 0 bridgehead atoms. The summed E-state index contributed by atoms with van der Waals surface area (Å²) in [5.41, 5.74) is 1.43. The largest absolute Gasteiger partial charge is 0.309 e. The number of thioether (sulfide) groups is 1. The van der Waals surface area contributed by atoms with Crippen LogP contribution in [0.3, 0.4) is 0 Å². The molecular weight excluding hydrogens is 252 g/mol. The van der Waals surface area contributed by atoms with E-state index in [0.717, 1.165) is 6.54 Å². The zero-order chi connectivity index (χ0) is 13.5. The molecule has 0 saturated carbocycles. The van der Waals surface area contributed by atoms with Crippen LogP contribution in [-0.2, 0) is 6.54 Å². The van der Waals surface area contributed by atoms with Crippen molar-refractivity contribution in [3.8, 4) is 0 Å². The van der Waals surface area contributed by atoms with Crippen molar-refractivity contribution in [2.24, 2.45) is 0 Å². The number of nitrogens with zero attached hydrogens (tertiary/aromatic N) is 1. The molecular formula is C16H26N2S. The van der Waals surface area contributed by atoms with Gasteiger partial charge < -0.3 is 5.32 Å². The topological polar surface area (TPSA) is 15.3 Å². The molecule has 1 aromatic rings. The maximum absolute atomic E-state index is 3.77. The van der Waals surface area contributed by atoms with Crippen LogP contribution in [0.5, 0.6) is 0 Å². The Labute approximate surface area is 122 Å². The molecule has 2 nitrogen and oxygen atoms in total. The molecule has 0 radical (unpaired) electrons. The summed E-state index contributed by atoms with van der Waals surface area (Å²) in [5, 5.41) is 3.77. The number of likely N-dealkylation sites (tertiary alicyclic amines) is 1. The molecule has 1 aliphatic rings. The highest BCUT2D eigenvalue weighted by atomic mass is 32.2. The summed E-state index contributed by atoms with van der Waals surface area (Å²) < 4.78 is 0. The normalized spacial score (nSPS) is 21.7. The van der Waals surface area contributed by atoms with Crippen LogP contribution in [0.25, 0.3) is 0 Å². The average Bonchev–Trinajstić information content (AvgIpc) is 2.85. The monoisotopic (exact) mass is 278 g/mol. The van der Waals surface area contributed by atoms with Crippen molar-refractivity contribution < 1.29 is 0 Å². The Balaban J connectivity index is 1.71. The summed E-state index contributed by atoms with van der Waals surface area (Å²) >= 11 is 2.03. The predicted molar refractivity (Wildman–Crippen MR) is 85.7 cm³/mol. The molecule has 1 heterocycles. The molecule has 2 unspecified atom stereocenters. The quantitative estimate of drug-likeness (QED) is 0.825. The molecule has 1 aliphatic heterocycles. The first kappa shape index (κ1) is 14.9. The van der Waals surface area contributed by atoms with E-state index in [2.05, 4.69) is 54.4 Å². The van der Waals surface area contributed by atoms with Gasteiger partial charge in [-0.15, -0.1) is 0 Å². The smallest absolute Gasteiger partial charge is 0.0234 e. The van der Waals surface area contributed by atoms with Gasteiger partial charge in [-0.25, -0.2) is 0 Å². The molecule has 1 fully saturated rings. The van der Waals surface area contributed by atoms with Crippen molar-refractivity contribution in [3.05, 3.63) is 35.9 Å². The molecule has 3 heteroatoms. The van der Waals surface area contributed by atoms with E-state index >= 15 is 0 Å². The van der Waals surface area contributed by atoms with E-state index in [0.29, 0.717) is 12.1 Å². The van der Waals surface area contributed by atoms with Gasteiger partial charge in [-0.1, -0.05) is 37.3 Å². The van der Waals surface area contributed by atoms with Gasteiger partial charge in [0.15, 0.2) is 0 Å². The lowest BCUT2D eigenvalue weighted by molar-refractivity contribution is 0.317. The second-order valence-electron chi connectivity index (χ2n) is 5.43. The number of hydrogen-bond acceptors (Lipinski definition) is 3. The zero-order valence-corrected chi connectivity index (χ0v) is 13.0. The molecule has 0 spiro atoms. The lowest BCUT2D eigenvalue weighted by Gasteiger charge is -2.20. The first-order valence-electron chi connectivity index (χ1n) is 7.38. The van der Waals surface area contributed by atoms with Crippen LogP contribution in [-0.4, -0.2) is 41.6 Å². The van der Waals surface area contributed by atoms with Crippen LogP contribution < -0.4 is 5.32 Å². The van der Waals surface area contributed by atoms with E-state index in [1.165, 1.54) is 36.6 Å². The third kappa shape index (κ3) is 5.17. The highest BCUT2D eigenvalue weighted by molar-refractivity contribution is 7.99. The Kier molecular flexibility index (Phi) is 6.21. The van der Waals surface area contributed by atoms with E-state index in [1.807, 2.05) is 11.8 Å². The maximum atomic E-state index is 3.77. The molecule has 0 aliphatic carbocycles. The molecule has 19 heavy (non-hydrogen) atoms. The second kappa shape index (κ2) is 7.93. The van der Waals surface area contributed by atoms with Crippen LogP contribution >= 0.6 is 11.8 Å². The molecule has 0 amide bonds. The van der Waals surface area contributed by atoms with Crippen molar-refractivity contribution in [3.63, 3.8) is 0 Å². The third-order valence-electron chi connectivity index (χ3n) is 3.61. The van der Waals surface area contributed by atoms with Crippen LogP contribution in [0, 0.1) is 0 Å². The number of benzene rings is 1. The molecule has 1 N–H and O–H groups in total. The fraction of sp³-hybridized carbons (Fsp3) is 0.625. The molecule has 2 atom stereocenters. The van der Waals surface area contributed by atoms with E-state index in [4.69, 9.17) is 0 Å². The van der Waals surface area contributed by atoms with E-state index < -0.39 is 0 Å². The van der Waals surface area contributed by atoms with Gasteiger partial charge in [0.2, 0.25) is 0 Å². The summed E-state index contributed by atoms with van der Waals surface area (Å²) in [5.74, 6) is 2.45. The summed E-state index contributed by atoms with van der Waals surface area (Å²) in [6.45, 7) is 8.05. The van der Waals surface area contributed by atoms with E-state index in [1.54, 1.807) is 0 Å². The lowest BCUT2D eigenvalue weighted by atomic mass is 10.2. The second-order valence-corrected chi connectivity index (χ2v) is 6.75. The molecule has 106 valence electrons. The van der Waals surface area contributed by atoms with Gasteiger partial charge in [0.25, 0.3) is 0 Å². The molecule has 0 aromatic heterocycles. The summed E-state index contributed by atoms with van der Waals surface area (Å²) in [7, 11) is 0. The highest BCUT2D eigenvalue weighted by Crippen LogP contribution is 2.14. The Morgan fingerprint density at radius 3 is 2.89 bits per heavy atom. The van der Waals surface area contributed by atoms with Crippen molar-refractivity contribution in [1.82, 2.24) is 10.2 Å². The van der Waals surface area contributed by atoms with Gasteiger partial charge in [-0.05, 0) is 24.7 Å². The van der Waals surface area contributed by atoms with Gasteiger partial charge in [0, 0.05) is 37.5 Å². The van der Waals surface area contributed by atoms with E-state index in [9.17, 15) is 0 Å². The minimum Gasteiger partial charge on any atom is -0.309 e. The summed E-state index contributed by atoms with van der Waals surface area (Å²) in [6, 6.07) is 12.1. The minimum absolute atomic E-state index is 0.631. The summed E-state index contributed by atoms with van der Waals surface area (Å²) in [4.78, 5) is 2.56.